The fraction of sp³-hybridized carbons (Fsp3) is 0.316. The molecule has 0 aliphatic carbocycles. The molecule has 0 radical (unpaired) electrons. The van der Waals surface area contributed by atoms with Crippen LogP contribution in [0.3, 0.4) is 0 Å². The first kappa shape index (κ1) is 16.9. The Labute approximate surface area is 138 Å². The van der Waals surface area contributed by atoms with E-state index in [2.05, 4.69) is 42.4 Å². The summed E-state index contributed by atoms with van der Waals surface area (Å²) in [5.41, 5.74) is 10.6. The second-order valence-electron chi connectivity index (χ2n) is 5.52. The van der Waals surface area contributed by atoms with E-state index in [1.807, 2.05) is 31.2 Å². The number of anilines is 1. The molecule has 0 saturated carbocycles. The molecule has 0 aliphatic rings. The Morgan fingerprint density at radius 1 is 1.13 bits per heavy atom. The largest absolute Gasteiger partial charge is 0.494 e. The van der Waals surface area contributed by atoms with Crippen molar-refractivity contribution in [2.75, 3.05) is 18.5 Å². The number of benzene rings is 2. The molecule has 0 saturated heterocycles. The van der Waals surface area contributed by atoms with E-state index in [9.17, 15) is 0 Å². The maximum Gasteiger partial charge on any atom is 0.193 e. The van der Waals surface area contributed by atoms with Gasteiger partial charge in [-0.25, -0.2) is 0 Å². The summed E-state index contributed by atoms with van der Waals surface area (Å²) in [6, 6.07) is 14.2. The summed E-state index contributed by atoms with van der Waals surface area (Å²) in [6.07, 6.45) is 0.830. The molecule has 122 valence electrons. The summed E-state index contributed by atoms with van der Waals surface area (Å²) in [4.78, 5) is 4.38. The molecule has 0 heterocycles. The minimum atomic E-state index is 0.439. The van der Waals surface area contributed by atoms with Crippen molar-refractivity contribution in [2.24, 2.45) is 10.7 Å². The lowest BCUT2D eigenvalue weighted by molar-refractivity contribution is 0.340. The van der Waals surface area contributed by atoms with E-state index in [0.717, 1.165) is 17.9 Å². The van der Waals surface area contributed by atoms with Crippen molar-refractivity contribution in [3.05, 3.63) is 59.2 Å². The van der Waals surface area contributed by atoms with Crippen LogP contribution in [0.1, 0.15) is 23.6 Å². The minimum absolute atomic E-state index is 0.439. The molecule has 0 atom stereocenters. The lowest BCUT2D eigenvalue weighted by Crippen LogP contribution is -2.23. The number of nitrogens with zero attached hydrogens (tertiary/aromatic N) is 1. The number of hydrogen-bond acceptors (Lipinski definition) is 2. The van der Waals surface area contributed by atoms with Crippen molar-refractivity contribution in [3.63, 3.8) is 0 Å². The Morgan fingerprint density at radius 2 is 1.96 bits per heavy atom. The lowest BCUT2D eigenvalue weighted by Gasteiger charge is -2.08. The molecule has 4 nitrogen and oxygen atoms in total. The highest BCUT2D eigenvalue weighted by atomic mass is 16.5. The Balaban J connectivity index is 1.89. The number of aryl methyl sites for hydroxylation is 2. The van der Waals surface area contributed by atoms with Gasteiger partial charge in [-0.3, -0.25) is 4.99 Å². The number of rotatable bonds is 6. The van der Waals surface area contributed by atoms with Gasteiger partial charge in [0.1, 0.15) is 5.75 Å². The zero-order valence-electron chi connectivity index (χ0n) is 14.1. The second kappa shape index (κ2) is 8.22. The summed E-state index contributed by atoms with van der Waals surface area (Å²) in [5.74, 6) is 1.34. The lowest BCUT2D eigenvalue weighted by atomic mass is 10.1. The molecular formula is C19H25N3O. The van der Waals surface area contributed by atoms with E-state index < -0.39 is 0 Å². The predicted octanol–water partition coefficient (Wildman–Crippen LogP) is 3.67. The first-order valence-electron chi connectivity index (χ1n) is 7.94. The van der Waals surface area contributed by atoms with Crippen molar-refractivity contribution < 1.29 is 4.74 Å². The van der Waals surface area contributed by atoms with Gasteiger partial charge in [-0.15, -0.1) is 0 Å². The quantitative estimate of drug-likeness (QED) is 0.632. The van der Waals surface area contributed by atoms with Gasteiger partial charge in [0.15, 0.2) is 5.96 Å². The van der Waals surface area contributed by atoms with Gasteiger partial charge in [0, 0.05) is 12.2 Å². The summed E-state index contributed by atoms with van der Waals surface area (Å²) >= 11 is 0. The molecule has 4 heteroatoms. The first-order chi connectivity index (χ1) is 11.1. The predicted molar refractivity (Wildman–Crippen MR) is 97.3 cm³/mol. The molecule has 3 N–H and O–H groups in total. The van der Waals surface area contributed by atoms with Crippen molar-refractivity contribution in [1.82, 2.24) is 0 Å². The average molecular weight is 311 g/mol. The van der Waals surface area contributed by atoms with Crippen LogP contribution in [0.15, 0.2) is 47.5 Å². The van der Waals surface area contributed by atoms with Crippen molar-refractivity contribution in [2.45, 2.75) is 27.2 Å². The van der Waals surface area contributed by atoms with Crippen LogP contribution in [-0.2, 0) is 6.42 Å². The van der Waals surface area contributed by atoms with Crippen molar-refractivity contribution >= 4 is 11.6 Å². The topological polar surface area (TPSA) is 59.6 Å². The van der Waals surface area contributed by atoms with Gasteiger partial charge in [-0.1, -0.05) is 18.2 Å². The molecule has 0 aromatic heterocycles. The summed E-state index contributed by atoms with van der Waals surface area (Å²) in [5, 5.41) is 3.13. The highest BCUT2D eigenvalue weighted by Gasteiger charge is 1.99. The van der Waals surface area contributed by atoms with Crippen molar-refractivity contribution in [3.8, 4) is 5.75 Å². The number of nitrogens with one attached hydrogen (secondary N) is 1. The molecule has 0 spiro atoms. The number of nitrogens with two attached hydrogens (primary N) is 1. The van der Waals surface area contributed by atoms with E-state index in [1.165, 1.54) is 16.7 Å². The minimum Gasteiger partial charge on any atom is -0.494 e. The van der Waals surface area contributed by atoms with Gasteiger partial charge in [0.2, 0.25) is 0 Å². The monoisotopic (exact) mass is 311 g/mol. The Bertz CT molecular complexity index is 680. The molecule has 2 rings (SSSR count). The number of aliphatic imine (C=N–C) groups is 1. The molecular weight excluding hydrogens is 286 g/mol. The number of guanidine groups is 1. The smallest absolute Gasteiger partial charge is 0.193 e. The molecule has 0 amide bonds. The third-order valence-corrected chi connectivity index (χ3v) is 3.67. The molecule has 23 heavy (non-hydrogen) atoms. The van der Waals surface area contributed by atoms with Crippen molar-refractivity contribution in [1.29, 1.82) is 0 Å². The van der Waals surface area contributed by atoms with E-state index in [0.29, 0.717) is 19.1 Å². The summed E-state index contributed by atoms with van der Waals surface area (Å²) in [7, 11) is 0. The highest BCUT2D eigenvalue weighted by molar-refractivity contribution is 5.92. The second-order valence-corrected chi connectivity index (χ2v) is 5.52. The van der Waals surface area contributed by atoms with E-state index in [-0.39, 0.29) is 0 Å². The van der Waals surface area contributed by atoms with Crippen LogP contribution in [-0.4, -0.2) is 19.1 Å². The molecule has 0 aliphatic heterocycles. The zero-order valence-corrected chi connectivity index (χ0v) is 14.1. The normalized spacial score (nSPS) is 11.3. The fourth-order valence-corrected chi connectivity index (χ4v) is 2.27. The molecule has 0 bridgehead atoms. The Hall–Kier alpha value is -2.49. The highest BCUT2D eigenvalue weighted by Crippen LogP contribution is 2.15. The Morgan fingerprint density at radius 3 is 2.70 bits per heavy atom. The Kier molecular flexibility index (Phi) is 6.03. The van der Waals surface area contributed by atoms with E-state index in [4.69, 9.17) is 10.5 Å². The molecule has 0 unspecified atom stereocenters. The van der Waals surface area contributed by atoms with Crippen LogP contribution >= 0.6 is 0 Å². The number of hydrogen-bond donors (Lipinski definition) is 2. The third-order valence-electron chi connectivity index (χ3n) is 3.67. The van der Waals surface area contributed by atoms with Gasteiger partial charge in [-0.05, 0) is 68.1 Å². The van der Waals surface area contributed by atoms with Crippen LogP contribution < -0.4 is 15.8 Å². The molecule has 2 aromatic rings. The van der Waals surface area contributed by atoms with Gasteiger partial charge >= 0.3 is 0 Å². The summed E-state index contributed by atoms with van der Waals surface area (Å²) < 4.78 is 5.50. The van der Waals surface area contributed by atoms with E-state index in [1.54, 1.807) is 0 Å². The average Bonchev–Trinajstić information content (AvgIpc) is 2.52. The SMILES string of the molecule is CCOc1cccc(CCN=C(N)Nc2ccc(C)c(C)c2)c1. The zero-order chi connectivity index (χ0) is 16.7. The fourth-order valence-electron chi connectivity index (χ4n) is 2.27. The third kappa shape index (κ3) is 5.33. The van der Waals surface area contributed by atoms with Crippen LogP contribution in [0, 0.1) is 13.8 Å². The van der Waals surface area contributed by atoms with Crippen LogP contribution in [0.5, 0.6) is 5.75 Å². The molecule has 0 fully saturated rings. The number of ether oxygens (including phenoxy) is 1. The van der Waals surface area contributed by atoms with Gasteiger partial charge < -0.3 is 15.8 Å². The maximum absolute atomic E-state index is 5.95. The maximum atomic E-state index is 5.95. The van der Waals surface area contributed by atoms with E-state index >= 15 is 0 Å². The van der Waals surface area contributed by atoms with Crippen LogP contribution in [0.4, 0.5) is 5.69 Å². The summed E-state index contributed by atoms with van der Waals surface area (Å²) in [6.45, 7) is 7.47. The van der Waals surface area contributed by atoms with Gasteiger partial charge in [0.05, 0.1) is 6.61 Å². The van der Waals surface area contributed by atoms with Gasteiger partial charge in [-0.2, -0.15) is 0 Å². The molecule has 2 aromatic carbocycles. The first-order valence-corrected chi connectivity index (χ1v) is 7.94. The van der Waals surface area contributed by atoms with Crippen LogP contribution in [0.2, 0.25) is 0 Å². The van der Waals surface area contributed by atoms with Gasteiger partial charge in [0.25, 0.3) is 0 Å². The van der Waals surface area contributed by atoms with Crippen LogP contribution in [0.25, 0.3) is 0 Å². The standard InChI is InChI=1S/C19H25N3O/c1-4-23-18-7-5-6-16(13-18)10-11-21-19(20)22-17-9-8-14(2)15(3)12-17/h5-9,12-13H,4,10-11H2,1-3H3,(H3,20,21,22).